The molecule has 0 aliphatic heterocycles. The first kappa shape index (κ1) is 32.7. The summed E-state index contributed by atoms with van der Waals surface area (Å²) in [5.74, 6) is -1.93. The van der Waals surface area contributed by atoms with Gasteiger partial charge in [-0.15, -0.1) is 0 Å². The number of rotatable bonds is 11. The lowest BCUT2D eigenvalue weighted by atomic mass is 9.38. The third-order valence-corrected chi connectivity index (χ3v) is 8.98. The Labute approximate surface area is 237 Å². The van der Waals surface area contributed by atoms with Crippen molar-refractivity contribution >= 4 is 17.3 Å². The van der Waals surface area contributed by atoms with Crippen molar-refractivity contribution in [1.29, 1.82) is 0 Å². The van der Waals surface area contributed by atoms with E-state index in [1.54, 1.807) is 13.8 Å². The van der Waals surface area contributed by atoms with Crippen molar-refractivity contribution in [2.75, 3.05) is 0 Å². The van der Waals surface area contributed by atoms with E-state index in [0.717, 1.165) is 16.7 Å². The SMILES string of the molecule is CC(C)=CCC[C@@]1(C)[C@@H](CC=C(C)C)C[C@]2(CC=C(C)C)C(=O)[C@@]1(C(=O)C(C)C)C(=O)C(CC=C(C)C)=C2O. The Morgan fingerprint density at radius 1 is 0.897 bits per heavy atom. The minimum atomic E-state index is -1.83. The smallest absolute Gasteiger partial charge is 0.184 e. The van der Waals surface area contributed by atoms with E-state index in [4.69, 9.17) is 0 Å². The Balaban J connectivity index is 3.09. The molecule has 1 N–H and O–H groups in total. The van der Waals surface area contributed by atoms with E-state index in [9.17, 15) is 19.5 Å². The van der Waals surface area contributed by atoms with Gasteiger partial charge in [-0.05, 0) is 105 Å². The summed E-state index contributed by atoms with van der Waals surface area (Å²) in [7, 11) is 0. The molecule has 0 radical (unpaired) electrons. The molecule has 0 unspecified atom stereocenters. The summed E-state index contributed by atoms with van der Waals surface area (Å²) in [5, 5.41) is 11.9. The molecular weight excluding hydrogens is 484 g/mol. The van der Waals surface area contributed by atoms with Crippen LogP contribution < -0.4 is 0 Å². The van der Waals surface area contributed by atoms with Crippen LogP contribution in [0.15, 0.2) is 57.9 Å². The average Bonchev–Trinajstić information content (AvgIpc) is 2.81. The second-order valence-electron chi connectivity index (χ2n) is 13.5. The number of carbonyl (C=O) groups excluding carboxylic acids is 3. The van der Waals surface area contributed by atoms with Crippen LogP contribution in [0.1, 0.15) is 115 Å². The van der Waals surface area contributed by atoms with Crippen molar-refractivity contribution in [3.05, 3.63) is 57.9 Å². The van der Waals surface area contributed by atoms with Crippen LogP contribution in [-0.4, -0.2) is 22.5 Å². The Bertz CT molecular complexity index is 1140. The fourth-order valence-corrected chi connectivity index (χ4v) is 6.71. The molecule has 1 fully saturated rings. The fourth-order valence-electron chi connectivity index (χ4n) is 6.71. The zero-order valence-electron chi connectivity index (χ0n) is 26.4. The van der Waals surface area contributed by atoms with Crippen LogP contribution in [0.5, 0.6) is 0 Å². The third kappa shape index (κ3) is 5.86. The summed E-state index contributed by atoms with van der Waals surface area (Å²) in [6, 6.07) is 0. The van der Waals surface area contributed by atoms with Gasteiger partial charge in [-0.3, -0.25) is 14.4 Å². The maximum atomic E-state index is 15.0. The van der Waals surface area contributed by atoms with E-state index in [0.29, 0.717) is 25.7 Å². The van der Waals surface area contributed by atoms with Gasteiger partial charge in [0.15, 0.2) is 22.8 Å². The molecule has 0 aromatic carbocycles. The molecule has 216 valence electrons. The van der Waals surface area contributed by atoms with Crippen molar-refractivity contribution in [3.8, 4) is 0 Å². The molecule has 0 aromatic heterocycles. The van der Waals surface area contributed by atoms with Gasteiger partial charge in [0.2, 0.25) is 0 Å². The first-order chi connectivity index (χ1) is 18.0. The van der Waals surface area contributed by atoms with Crippen LogP contribution in [0.4, 0.5) is 0 Å². The van der Waals surface area contributed by atoms with Gasteiger partial charge < -0.3 is 5.11 Å². The quantitative estimate of drug-likeness (QED) is 0.211. The number of carbonyl (C=O) groups is 3. The van der Waals surface area contributed by atoms with Crippen LogP contribution in [-0.2, 0) is 14.4 Å². The predicted octanol–water partition coefficient (Wildman–Crippen LogP) is 8.99. The molecule has 2 rings (SSSR count). The molecular formula is C35H52O4. The van der Waals surface area contributed by atoms with Gasteiger partial charge >= 0.3 is 0 Å². The highest BCUT2D eigenvalue weighted by Crippen LogP contribution is 2.67. The van der Waals surface area contributed by atoms with Crippen molar-refractivity contribution in [3.63, 3.8) is 0 Å². The fraction of sp³-hybridized carbons (Fsp3) is 0.629. The highest BCUT2D eigenvalue weighted by molar-refractivity contribution is 6.33. The molecule has 2 aliphatic carbocycles. The number of hydrogen-bond acceptors (Lipinski definition) is 4. The van der Waals surface area contributed by atoms with Crippen molar-refractivity contribution in [2.45, 2.75) is 115 Å². The molecule has 0 heterocycles. The number of fused-ring (bicyclic) bond motifs is 2. The molecule has 4 nitrogen and oxygen atoms in total. The van der Waals surface area contributed by atoms with Gasteiger partial charge in [-0.25, -0.2) is 0 Å². The second-order valence-corrected chi connectivity index (χ2v) is 13.5. The number of allylic oxidation sites excluding steroid dienone is 10. The highest BCUT2D eigenvalue weighted by atomic mass is 16.3. The van der Waals surface area contributed by atoms with Gasteiger partial charge in [0.05, 0.1) is 5.41 Å². The van der Waals surface area contributed by atoms with E-state index >= 15 is 0 Å². The molecule has 1 saturated carbocycles. The topological polar surface area (TPSA) is 71.4 Å². The Morgan fingerprint density at radius 2 is 1.44 bits per heavy atom. The summed E-state index contributed by atoms with van der Waals surface area (Å²) >= 11 is 0. The molecule has 2 aliphatic rings. The predicted molar refractivity (Wildman–Crippen MR) is 161 cm³/mol. The van der Waals surface area contributed by atoms with E-state index in [1.807, 2.05) is 74.5 Å². The van der Waals surface area contributed by atoms with Gasteiger partial charge in [0.25, 0.3) is 0 Å². The lowest BCUT2D eigenvalue weighted by molar-refractivity contribution is -0.180. The van der Waals surface area contributed by atoms with Crippen molar-refractivity contribution in [1.82, 2.24) is 0 Å². The normalized spacial score (nSPS) is 28.3. The van der Waals surface area contributed by atoms with Crippen molar-refractivity contribution in [2.24, 2.45) is 28.1 Å². The zero-order valence-corrected chi connectivity index (χ0v) is 26.4. The molecule has 4 heteroatoms. The summed E-state index contributed by atoms with van der Waals surface area (Å²) in [6.07, 6.45) is 11.0. The Kier molecular flexibility index (Phi) is 10.4. The highest BCUT2D eigenvalue weighted by Gasteiger charge is 2.75. The number of ketones is 3. The van der Waals surface area contributed by atoms with Crippen LogP contribution in [0.25, 0.3) is 0 Å². The molecule has 2 bridgehead atoms. The Hall–Kier alpha value is -2.49. The maximum Gasteiger partial charge on any atom is 0.184 e. The number of aliphatic hydroxyl groups excluding tert-OH is 1. The maximum absolute atomic E-state index is 15.0. The first-order valence-corrected chi connectivity index (χ1v) is 14.6. The largest absolute Gasteiger partial charge is 0.511 e. The molecule has 0 amide bonds. The molecule has 0 saturated heterocycles. The second kappa shape index (κ2) is 12.4. The van der Waals surface area contributed by atoms with Gasteiger partial charge in [0, 0.05) is 11.5 Å². The standard InChI is InChI=1S/C35H52O4/c1-22(2)13-12-19-33(11)27(16-14-23(3)4)21-34(20-18-25(7)8)30(37)28(17-15-24(5)6)31(38)35(33,32(34)39)29(36)26(9)10/h13-15,18,26-27,37H,12,16-17,19-21H2,1-11H3/t27-,33-,34-,35+/m0/s1. The van der Waals surface area contributed by atoms with Crippen molar-refractivity contribution < 1.29 is 19.5 Å². The van der Waals surface area contributed by atoms with Crippen LogP contribution in [0.2, 0.25) is 0 Å². The monoisotopic (exact) mass is 536 g/mol. The Morgan fingerprint density at radius 3 is 1.92 bits per heavy atom. The van der Waals surface area contributed by atoms with Crippen LogP contribution in [0.3, 0.4) is 0 Å². The summed E-state index contributed by atoms with van der Waals surface area (Å²) in [6.45, 7) is 21.6. The number of aliphatic hydroxyl groups is 1. The average molecular weight is 537 g/mol. The summed E-state index contributed by atoms with van der Waals surface area (Å²) < 4.78 is 0. The lowest BCUT2D eigenvalue weighted by Gasteiger charge is -2.61. The molecule has 4 atom stereocenters. The van der Waals surface area contributed by atoms with Gasteiger partial charge in [-0.1, -0.05) is 67.4 Å². The third-order valence-electron chi connectivity index (χ3n) is 8.98. The minimum absolute atomic E-state index is 0.117. The molecule has 0 spiro atoms. The summed E-state index contributed by atoms with van der Waals surface area (Å²) in [4.78, 5) is 44.3. The van der Waals surface area contributed by atoms with E-state index in [-0.39, 0.29) is 41.7 Å². The number of Topliss-reactive ketones (excluding diaryl/α,β-unsaturated/α-hetero) is 3. The molecule has 0 aromatic rings. The minimum Gasteiger partial charge on any atom is -0.511 e. The summed E-state index contributed by atoms with van der Waals surface area (Å²) in [5.41, 5.74) is 0.583. The van der Waals surface area contributed by atoms with E-state index < -0.39 is 27.9 Å². The zero-order chi connectivity index (χ0) is 29.9. The van der Waals surface area contributed by atoms with Gasteiger partial charge in [-0.2, -0.15) is 0 Å². The van der Waals surface area contributed by atoms with Gasteiger partial charge in [0.1, 0.15) is 5.76 Å². The lowest BCUT2D eigenvalue weighted by Crippen LogP contribution is -2.71. The first-order valence-electron chi connectivity index (χ1n) is 14.6. The van der Waals surface area contributed by atoms with E-state index in [1.165, 1.54) is 5.57 Å². The molecule has 39 heavy (non-hydrogen) atoms. The van der Waals surface area contributed by atoms with E-state index in [2.05, 4.69) is 12.2 Å². The number of hydrogen-bond donors (Lipinski definition) is 1. The van der Waals surface area contributed by atoms with Crippen LogP contribution in [0, 0.1) is 28.1 Å². The van der Waals surface area contributed by atoms with Crippen LogP contribution >= 0.6 is 0 Å².